The number of rotatable bonds is 6. The van der Waals surface area contributed by atoms with Crippen LogP contribution in [0.15, 0.2) is 24.8 Å². The molecule has 0 heteroatoms. The molecule has 0 spiro atoms. The van der Waals surface area contributed by atoms with Crippen LogP contribution in [0.25, 0.3) is 0 Å². The van der Waals surface area contributed by atoms with Gasteiger partial charge in [-0.05, 0) is 36.5 Å². The van der Waals surface area contributed by atoms with E-state index in [0.717, 1.165) is 12.3 Å². The molecule has 0 nitrogen and oxygen atoms in total. The van der Waals surface area contributed by atoms with Crippen LogP contribution in [0, 0.1) is 17.3 Å². The van der Waals surface area contributed by atoms with Crippen LogP contribution in [0.3, 0.4) is 0 Å². The first-order chi connectivity index (χ1) is 6.85. The molecule has 0 saturated carbocycles. The molecule has 2 atom stereocenters. The lowest BCUT2D eigenvalue weighted by Gasteiger charge is -2.21. The van der Waals surface area contributed by atoms with Crippen LogP contribution in [0.4, 0.5) is 0 Å². The summed E-state index contributed by atoms with van der Waals surface area (Å²) in [5, 5.41) is 0. The topological polar surface area (TPSA) is 0 Å². The fourth-order valence-corrected chi connectivity index (χ4v) is 1.96. The molecule has 0 amide bonds. The molecule has 0 saturated heterocycles. The minimum atomic E-state index is 0.441. The highest BCUT2D eigenvalue weighted by molar-refractivity contribution is 4.90. The molecule has 0 aromatic rings. The quantitative estimate of drug-likeness (QED) is 0.525. The Hall–Kier alpha value is -0.520. The minimum absolute atomic E-state index is 0.441. The molecule has 2 unspecified atom stereocenters. The second-order valence-corrected chi connectivity index (χ2v) is 6.04. The van der Waals surface area contributed by atoms with Gasteiger partial charge in [0.15, 0.2) is 0 Å². The normalized spacial score (nSPS) is 16.6. The van der Waals surface area contributed by atoms with E-state index < -0.39 is 0 Å². The summed E-state index contributed by atoms with van der Waals surface area (Å²) in [6, 6.07) is 0. The Morgan fingerprint density at radius 3 is 2.20 bits per heavy atom. The molecule has 0 aromatic heterocycles. The third-order valence-corrected chi connectivity index (χ3v) is 2.51. The molecule has 0 rings (SSSR count). The van der Waals surface area contributed by atoms with Crippen LogP contribution in [0.1, 0.15) is 53.9 Å². The Kier molecular flexibility index (Phi) is 6.63. The first-order valence-corrected chi connectivity index (χ1v) is 6.12. The van der Waals surface area contributed by atoms with E-state index in [4.69, 9.17) is 0 Å². The number of hydrogen-bond acceptors (Lipinski definition) is 0. The number of allylic oxidation sites excluding steroid dienone is 3. The summed E-state index contributed by atoms with van der Waals surface area (Å²) in [5.74, 6) is 1.43. The summed E-state index contributed by atoms with van der Waals surface area (Å²) in [7, 11) is 0. The van der Waals surface area contributed by atoms with Gasteiger partial charge in [0.05, 0.1) is 0 Å². The molecule has 15 heavy (non-hydrogen) atoms. The van der Waals surface area contributed by atoms with Gasteiger partial charge in [0.1, 0.15) is 0 Å². The van der Waals surface area contributed by atoms with Crippen molar-refractivity contribution >= 4 is 0 Å². The van der Waals surface area contributed by atoms with Crippen molar-refractivity contribution in [2.45, 2.75) is 53.9 Å². The summed E-state index contributed by atoms with van der Waals surface area (Å²) in [4.78, 5) is 0. The van der Waals surface area contributed by atoms with E-state index in [1.807, 2.05) is 6.08 Å². The van der Waals surface area contributed by atoms with Crippen molar-refractivity contribution in [1.82, 2.24) is 0 Å². The molecule has 0 heterocycles. The molecule has 0 aromatic carbocycles. The molecular weight excluding hydrogens is 180 g/mol. The smallest absolute Gasteiger partial charge is 0.0257 e. The zero-order valence-electron chi connectivity index (χ0n) is 11.2. The first-order valence-electron chi connectivity index (χ1n) is 6.12. The van der Waals surface area contributed by atoms with Crippen LogP contribution in [0.2, 0.25) is 0 Å². The Balaban J connectivity index is 3.81. The van der Waals surface area contributed by atoms with E-state index in [1.54, 1.807) is 0 Å². The summed E-state index contributed by atoms with van der Waals surface area (Å²) >= 11 is 0. The van der Waals surface area contributed by atoms with Gasteiger partial charge in [-0.2, -0.15) is 0 Å². The van der Waals surface area contributed by atoms with Gasteiger partial charge in [0.2, 0.25) is 0 Å². The molecule has 0 aliphatic carbocycles. The van der Waals surface area contributed by atoms with Gasteiger partial charge in [-0.3, -0.25) is 0 Å². The largest absolute Gasteiger partial charge is 0.103 e. The summed E-state index contributed by atoms with van der Waals surface area (Å²) in [6.07, 6.45) is 10.3. The van der Waals surface area contributed by atoms with Crippen LogP contribution >= 0.6 is 0 Å². The van der Waals surface area contributed by atoms with Crippen molar-refractivity contribution < 1.29 is 0 Å². The molecule has 0 radical (unpaired) electrons. The molecule has 0 N–H and O–H groups in total. The van der Waals surface area contributed by atoms with Crippen molar-refractivity contribution in [3.63, 3.8) is 0 Å². The van der Waals surface area contributed by atoms with Crippen molar-refractivity contribution in [2.75, 3.05) is 0 Å². The Morgan fingerprint density at radius 1 is 1.13 bits per heavy atom. The minimum Gasteiger partial charge on any atom is -0.103 e. The van der Waals surface area contributed by atoms with E-state index in [9.17, 15) is 0 Å². The fraction of sp³-hybridized carbons (Fsp3) is 0.733. The summed E-state index contributed by atoms with van der Waals surface area (Å²) < 4.78 is 0. The predicted molar refractivity (Wildman–Crippen MR) is 71.0 cm³/mol. The highest BCUT2D eigenvalue weighted by Gasteiger charge is 2.12. The SMILES string of the molecule is C=CCC(C)CC=CC(C)CC(C)(C)C. The summed E-state index contributed by atoms with van der Waals surface area (Å²) in [5.41, 5.74) is 0.441. The van der Waals surface area contributed by atoms with Crippen molar-refractivity contribution in [3.05, 3.63) is 24.8 Å². The fourth-order valence-electron chi connectivity index (χ4n) is 1.96. The Labute approximate surface area is 96.5 Å². The maximum atomic E-state index is 3.77. The van der Waals surface area contributed by atoms with E-state index >= 15 is 0 Å². The third-order valence-electron chi connectivity index (χ3n) is 2.51. The molecule has 0 aliphatic heterocycles. The lowest BCUT2D eigenvalue weighted by Crippen LogP contribution is -2.09. The van der Waals surface area contributed by atoms with Gasteiger partial charge < -0.3 is 0 Å². The van der Waals surface area contributed by atoms with Crippen LogP contribution in [-0.2, 0) is 0 Å². The van der Waals surface area contributed by atoms with Gasteiger partial charge in [0.25, 0.3) is 0 Å². The Bertz CT molecular complexity index is 193. The average molecular weight is 208 g/mol. The van der Waals surface area contributed by atoms with E-state index in [-0.39, 0.29) is 0 Å². The Morgan fingerprint density at radius 2 is 1.73 bits per heavy atom. The standard InChI is InChI=1S/C15H28/c1-7-9-13(2)10-8-11-14(3)12-15(4,5)6/h7-8,11,13-14H,1,9-10,12H2,2-6H3. The van der Waals surface area contributed by atoms with Gasteiger partial charge in [-0.15, -0.1) is 6.58 Å². The third kappa shape index (κ3) is 9.78. The highest BCUT2D eigenvalue weighted by atomic mass is 14.2. The van der Waals surface area contributed by atoms with Crippen molar-refractivity contribution in [3.8, 4) is 0 Å². The lowest BCUT2D eigenvalue weighted by atomic mass is 9.85. The zero-order valence-corrected chi connectivity index (χ0v) is 11.2. The summed E-state index contributed by atoms with van der Waals surface area (Å²) in [6.45, 7) is 15.3. The van der Waals surface area contributed by atoms with Gasteiger partial charge >= 0.3 is 0 Å². The van der Waals surface area contributed by atoms with Gasteiger partial charge in [-0.25, -0.2) is 0 Å². The first kappa shape index (κ1) is 14.5. The van der Waals surface area contributed by atoms with Crippen LogP contribution in [0.5, 0.6) is 0 Å². The zero-order chi connectivity index (χ0) is 11.9. The molecule has 0 fully saturated rings. The lowest BCUT2D eigenvalue weighted by molar-refractivity contribution is 0.336. The van der Waals surface area contributed by atoms with E-state index in [2.05, 4.69) is 53.3 Å². The average Bonchev–Trinajstić information content (AvgIpc) is 2.00. The molecule has 88 valence electrons. The molecule has 0 aliphatic rings. The second-order valence-electron chi connectivity index (χ2n) is 6.04. The van der Waals surface area contributed by atoms with Gasteiger partial charge in [0, 0.05) is 0 Å². The van der Waals surface area contributed by atoms with Crippen molar-refractivity contribution in [2.24, 2.45) is 17.3 Å². The number of hydrogen-bond donors (Lipinski definition) is 0. The van der Waals surface area contributed by atoms with Gasteiger partial charge in [-0.1, -0.05) is 52.8 Å². The second kappa shape index (κ2) is 6.87. The monoisotopic (exact) mass is 208 g/mol. The maximum Gasteiger partial charge on any atom is -0.0257 e. The molecule has 0 bridgehead atoms. The molecular formula is C15H28. The van der Waals surface area contributed by atoms with E-state index in [0.29, 0.717) is 11.3 Å². The van der Waals surface area contributed by atoms with E-state index in [1.165, 1.54) is 12.8 Å². The maximum absolute atomic E-state index is 3.77. The predicted octanol–water partition coefficient (Wildman–Crippen LogP) is 5.22. The van der Waals surface area contributed by atoms with Crippen LogP contribution < -0.4 is 0 Å². The highest BCUT2D eigenvalue weighted by Crippen LogP contribution is 2.25. The van der Waals surface area contributed by atoms with Crippen LogP contribution in [-0.4, -0.2) is 0 Å². The van der Waals surface area contributed by atoms with Crippen molar-refractivity contribution in [1.29, 1.82) is 0 Å².